The average Bonchev–Trinajstić information content (AvgIpc) is 3.11. The summed E-state index contributed by atoms with van der Waals surface area (Å²) < 4.78 is 0. The van der Waals surface area contributed by atoms with Gasteiger partial charge in [-0.2, -0.15) is 0 Å². The number of benzene rings is 1. The Bertz CT molecular complexity index is 648. The van der Waals surface area contributed by atoms with Crippen LogP contribution in [0.25, 0.3) is 10.6 Å². The van der Waals surface area contributed by atoms with Gasteiger partial charge >= 0.3 is 0 Å². The van der Waals surface area contributed by atoms with Crippen molar-refractivity contribution in [3.05, 3.63) is 41.4 Å². The minimum absolute atomic E-state index is 0.0529. The highest BCUT2D eigenvalue weighted by Crippen LogP contribution is 2.29. The summed E-state index contributed by atoms with van der Waals surface area (Å²) in [5.74, 6) is 0.458. The highest BCUT2D eigenvalue weighted by atomic mass is 32.1. The molecule has 0 saturated heterocycles. The van der Waals surface area contributed by atoms with Crippen molar-refractivity contribution in [2.75, 3.05) is 13.7 Å². The van der Waals surface area contributed by atoms with E-state index in [0.29, 0.717) is 10.8 Å². The van der Waals surface area contributed by atoms with E-state index in [0.717, 1.165) is 36.3 Å². The Balaban J connectivity index is 1.67. The van der Waals surface area contributed by atoms with Crippen LogP contribution in [-0.2, 0) is 0 Å². The van der Waals surface area contributed by atoms with Crippen LogP contribution < -0.4 is 0 Å². The Hall–Kier alpha value is -1.72. The molecule has 1 amide bonds. The third kappa shape index (κ3) is 3.62. The number of thiazole rings is 1. The number of carbonyl (C=O) groups excluding carboxylic acids is 1. The van der Waals surface area contributed by atoms with Crippen molar-refractivity contribution in [2.45, 2.75) is 31.7 Å². The van der Waals surface area contributed by atoms with Gasteiger partial charge < -0.3 is 10.0 Å². The molecule has 1 saturated carbocycles. The summed E-state index contributed by atoms with van der Waals surface area (Å²) in [6.07, 6.45) is 5.62. The Labute approximate surface area is 140 Å². The summed E-state index contributed by atoms with van der Waals surface area (Å²) in [5.41, 5.74) is 1.04. The molecule has 0 atom stereocenters. The lowest BCUT2D eigenvalue weighted by Gasteiger charge is -2.33. The smallest absolute Gasteiger partial charge is 0.265 e. The van der Waals surface area contributed by atoms with Crippen LogP contribution in [0.15, 0.2) is 36.5 Å². The van der Waals surface area contributed by atoms with E-state index < -0.39 is 0 Å². The highest BCUT2D eigenvalue weighted by molar-refractivity contribution is 7.16. The largest absolute Gasteiger partial charge is 0.396 e. The van der Waals surface area contributed by atoms with Crippen LogP contribution in [0.2, 0.25) is 0 Å². The lowest BCUT2D eigenvalue weighted by molar-refractivity contribution is 0.0657. The molecule has 0 aliphatic heterocycles. The molecule has 1 aromatic heterocycles. The van der Waals surface area contributed by atoms with Gasteiger partial charge in [0.25, 0.3) is 5.91 Å². The molecule has 1 N–H and O–H groups in total. The van der Waals surface area contributed by atoms with Crippen LogP contribution >= 0.6 is 11.3 Å². The third-order valence-electron chi connectivity index (χ3n) is 4.68. The van der Waals surface area contributed by atoms with Gasteiger partial charge in [-0.05, 0) is 31.6 Å². The molecule has 1 heterocycles. The van der Waals surface area contributed by atoms with Gasteiger partial charge in [0.2, 0.25) is 0 Å². The topological polar surface area (TPSA) is 53.4 Å². The van der Waals surface area contributed by atoms with Crippen molar-refractivity contribution in [1.82, 2.24) is 9.88 Å². The van der Waals surface area contributed by atoms with E-state index in [4.69, 9.17) is 0 Å². The van der Waals surface area contributed by atoms with Crippen LogP contribution in [-0.4, -0.2) is 40.6 Å². The van der Waals surface area contributed by atoms with Crippen molar-refractivity contribution in [3.8, 4) is 10.6 Å². The van der Waals surface area contributed by atoms with Crippen LogP contribution in [0.1, 0.15) is 35.4 Å². The summed E-state index contributed by atoms with van der Waals surface area (Å²) in [4.78, 5) is 19.6. The molecule has 3 rings (SSSR count). The zero-order valence-electron chi connectivity index (χ0n) is 13.3. The number of hydrogen-bond donors (Lipinski definition) is 1. The van der Waals surface area contributed by atoms with Gasteiger partial charge in [-0.25, -0.2) is 4.98 Å². The molecule has 0 unspecified atom stereocenters. The molecule has 1 aromatic carbocycles. The van der Waals surface area contributed by atoms with Gasteiger partial charge in [-0.3, -0.25) is 4.79 Å². The van der Waals surface area contributed by atoms with E-state index in [1.807, 2.05) is 42.3 Å². The average molecular weight is 330 g/mol. The van der Waals surface area contributed by atoms with Crippen molar-refractivity contribution >= 4 is 17.2 Å². The van der Waals surface area contributed by atoms with Crippen LogP contribution in [0.4, 0.5) is 0 Å². The molecule has 122 valence electrons. The minimum Gasteiger partial charge on any atom is -0.396 e. The van der Waals surface area contributed by atoms with E-state index in [-0.39, 0.29) is 18.6 Å². The van der Waals surface area contributed by atoms with Gasteiger partial charge in [0.05, 0.1) is 6.20 Å². The Morgan fingerprint density at radius 3 is 2.61 bits per heavy atom. The zero-order valence-corrected chi connectivity index (χ0v) is 14.1. The number of hydrogen-bond acceptors (Lipinski definition) is 4. The van der Waals surface area contributed by atoms with Gasteiger partial charge in [0.15, 0.2) is 0 Å². The lowest BCUT2D eigenvalue weighted by atomic mass is 9.86. The monoisotopic (exact) mass is 330 g/mol. The van der Waals surface area contributed by atoms with Gasteiger partial charge in [-0.1, -0.05) is 30.3 Å². The fourth-order valence-electron chi connectivity index (χ4n) is 3.14. The summed E-state index contributed by atoms with van der Waals surface area (Å²) in [7, 11) is 1.88. The third-order valence-corrected chi connectivity index (χ3v) is 5.71. The van der Waals surface area contributed by atoms with Crippen LogP contribution in [0, 0.1) is 5.92 Å². The second kappa shape index (κ2) is 7.23. The number of amides is 1. The van der Waals surface area contributed by atoms with Crippen molar-refractivity contribution in [1.29, 1.82) is 0 Å². The van der Waals surface area contributed by atoms with Gasteiger partial charge in [0.1, 0.15) is 9.88 Å². The fraction of sp³-hybridized carbons (Fsp3) is 0.444. The first-order chi connectivity index (χ1) is 11.2. The summed E-state index contributed by atoms with van der Waals surface area (Å²) in [5, 5.41) is 10.1. The molecular weight excluding hydrogens is 308 g/mol. The number of aromatic nitrogens is 1. The number of nitrogens with zero attached hydrogens (tertiary/aromatic N) is 2. The Morgan fingerprint density at radius 2 is 1.96 bits per heavy atom. The molecule has 23 heavy (non-hydrogen) atoms. The number of aliphatic hydroxyl groups is 1. The molecule has 0 spiro atoms. The first kappa shape index (κ1) is 16.1. The molecular formula is C18H22N2O2S. The second-order valence-corrected chi connectivity index (χ2v) is 7.20. The maximum atomic E-state index is 12.7. The normalized spacial score (nSPS) is 21.1. The van der Waals surface area contributed by atoms with Crippen molar-refractivity contribution < 1.29 is 9.90 Å². The van der Waals surface area contributed by atoms with Crippen LogP contribution in [0.3, 0.4) is 0 Å². The minimum atomic E-state index is 0.0529. The van der Waals surface area contributed by atoms with E-state index in [1.54, 1.807) is 6.20 Å². The predicted octanol–water partition coefficient (Wildman–Crippen LogP) is 3.43. The molecule has 0 radical (unpaired) electrons. The number of aliphatic hydroxyl groups excluding tert-OH is 1. The standard InChI is InChI=1S/C18H22N2O2S/c1-20(15-9-7-13(12-21)8-10-15)18(22)16-11-19-17(23-16)14-5-3-2-4-6-14/h2-6,11,13,15,21H,7-10,12H2,1H3. The first-order valence-electron chi connectivity index (χ1n) is 8.08. The molecule has 0 bridgehead atoms. The molecule has 1 aliphatic carbocycles. The van der Waals surface area contributed by atoms with Gasteiger partial charge in [-0.15, -0.1) is 11.3 Å². The molecule has 2 aromatic rings. The summed E-state index contributed by atoms with van der Waals surface area (Å²) in [6.45, 7) is 0.264. The SMILES string of the molecule is CN(C(=O)c1cnc(-c2ccccc2)s1)C1CCC(CO)CC1. The number of carbonyl (C=O) groups is 1. The highest BCUT2D eigenvalue weighted by Gasteiger charge is 2.27. The fourth-order valence-corrected chi connectivity index (χ4v) is 4.05. The zero-order chi connectivity index (χ0) is 16.2. The van der Waals surface area contributed by atoms with E-state index in [2.05, 4.69) is 4.98 Å². The first-order valence-corrected chi connectivity index (χ1v) is 8.90. The van der Waals surface area contributed by atoms with Crippen LogP contribution in [0.5, 0.6) is 0 Å². The van der Waals surface area contributed by atoms with E-state index >= 15 is 0 Å². The molecule has 1 aliphatic rings. The van der Waals surface area contributed by atoms with Crippen molar-refractivity contribution in [3.63, 3.8) is 0 Å². The quantitative estimate of drug-likeness (QED) is 0.934. The Morgan fingerprint density at radius 1 is 1.26 bits per heavy atom. The summed E-state index contributed by atoms with van der Waals surface area (Å²) in [6, 6.07) is 10.2. The predicted molar refractivity (Wildman–Crippen MR) is 92.5 cm³/mol. The van der Waals surface area contributed by atoms with Gasteiger partial charge in [0, 0.05) is 25.3 Å². The molecule has 1 fully saturated rings. The maximum Gasteiger partial charge on any atom is 0.265 e. The molecule has 5 heteroatoms. The van der Waals surface area contributed by atoms with Crippen molar-refractivity contribution in [2.24, 2.45) is 5.92 Å². The number of rotatable bonds is 4. The maximum absolute atomic E-state index is 12.7. The van der Waals surface area contributed by atoms with E-state index in [1.165, 1.54) is 11.3 Å². The van der Waals surface area contributed by atoms with E-state index in [9.17, 15) is 9.90 Å². The molecule has 4 nitrogen and oxygen atoms in total. The Kier molecular flexibility index (Phi) is 5.08. The lowest BCUT2D eigenvalue weighted by Crippen LogP contribution is -2.39. The summed E-state index contributed by atoms with van der Waals surface area (Å²) >= 11 is 1.45. The second-order valence-electron chi connectivity index (χ2n) is 6.17.